The maximum atomic E-state index is 2.63. The average Bonchev–Trinajstić information content (AvgIpc) is 4.15. The van der Waals surface area contributed by atoms with Gasteiger partial charge in [-0.05, 0) is 190 Å². The Morgan fingerprint density at radius 2 is 0.819 bits per heavy atom. The van der Waals surface area contributed by atoms with Gasteiger partial charge in [-0.3, -0.25) is 0 Å². The Bertz CT molecular complexity index is 3420. The maximum Gasteiger partial charge on any atom is 0.0561 e. The lowest BCUT2D eigenvalue weighted by Gasteiger charge is -2.34. The van der Waals surface area contributed by atoms with Crippen molar-refractivity contribution < 1.29 is 0 Å². The molecule has 0 saturated heterocycles. The molecular weight excluding hydrogens is 869 g/mol. The van der Waals surface area contributed by atoms with Gasteiger partial charge in [-0.2, -0.15) is 0 Å². The van der Waals surface area contributed by atoms with Gasteiger partial charge in [-0.25, -0.2) is 0 Å². The summed E-state index contributed by atoms with van der Waals surface area (Å²) in [5.41, 5.74) is 21.4. The molecule has 0 heterocycles. The second-order valence-electron chi connectivity index (χ2n) is 22.5. The molecule has 358 valence electrons. The molecule has 0 atom stereocenters. The third kappa shape index (κ3) is 8.23. The van der Waals surface area contributed by atoms with Crippen LogP contribution < -0.4 is 9.80 Å². The first-order valence-corrected chi connectivity index (χ1v) is 26.9. The highest BCUT2D eigenvalue weighted by atomic mass is 15.2. The minimum atomic E-state index is 0.00232. The van der Waals surface area contributed by atoms with Crippen LogP contribution in [0.5, 0.6) is 0 Å². The predicted molar refractivity (Wildman–Crippen MR) is 310 cm³/mol. The van der Waals surface area contributed by atoms with E-state index in [9.17, 15) is 0 Å². The molecule has 0 aromatic heterocycles. The lowest BCUT2D eigenvalue weighted by atomic mass is 9.83. The van der Waals surface area contributed by atoms with Crippen LogP contribution in [-0.4, -0.2) is 0 Å². The van der Waals surface area contributed by atoms with Gasteiger partial charge in [-0.15, -0.1) is 0 Å². The molecule has 2 fully saturated rings. The topological polar surface area (TPSA) is 6.48 Å². The summed E-state index contributed by atoms with van der Waals surface area (Å²) in [7, 11) is 0. The smallest absolute Gasteiger partial charge is 0.0561 e. The van der Waals surface area contributed by atoms with Crippen molar-refractivity contribution in [1.82, 2.24) is 0 Å². The van der Waals surface area contributed by atoms with Crippen LogP contribution >= 0.6 is 0 Å². The summed E-state index contributed by atoms with van der Waals surface area (Å²) in [5, 5.41) is 7.74. The van der Waals surface area contributed by atoms with Crippen LogP contribution in [0.3, 0.4) is 0 Å². The Kier molecular flexibility index (Phi) is 11.8. The number of aryl methyl sites for hydroxylation is 4. The van der Waals surface area contributed by atoms with Crippen molar-refractivity contribution in [3.8, 4) is 22.3 Å². The first-order chi connectivity index (χ1) is 35.0. The molecule has 0 spiro atoms. The quantitative estimate of drug-likeness (QED) is 0.126. The summed E-state index contributed by atoms with van der Waals surface area (Å²) < 4.78 is 0. The van der Waals surface area contributed by atoms with Crippen LogP contribution in [0, 0.1) is 27.7 Å². The van der Waals surface area contributed by atoms with Crippen molar-refractivity contribution in [2.24, 2.45) is 0 Å². The molecule has 0 amide bonds. The van der Waals surface area contributed by atoms with E-state index in [4.69, 9.17) is 0 Å². The molecule has 10 aromatic carbocycles. The third-order valence-corrected chi connectivity index (χ3v) is 16.7. The van der Waals surface area contributed by atoms with Gasteiger partial charge in [0.05, 0.1) is 11.4 Å². The van der Waals surface area contributed by atoms with E-state index in [-0.39, 0.29) is 5.41 Å². The van der Waals surface area contributed by atoms with E-state index in [0.29, 0.717) is 11.8 Å². The molecule has 72 heavy (non-hydrogen) atoms. The predicted octanol–water partition coefficient (Wildman–Crippen LogP) is 20.7. The van der Waals surface area contributed by atoms with Crippen LogP contribution in [-0.2, 0) is 5.41 Å². The Labute approximate surface area is 428 Å². The molecule has 2 saturated carbocycles. The number of rotatable bonds is 10. The molecular formula is C70H68N2. The van der Waals surface area contributed by atoms with Gasteiger partial charge in [-0.1, -0.05) is 180 Å². The fourth-order valence-corrected chi connectivity index (χ4v) is 12.7. The largest absolute Gasteiger partial charge is 0.309 e. The molecule has 0 aliphatic heterocycles. The zero-order valence-electron chi connectivity index (χ0n) is 43.4. The van der Waals surface area contributed by atoms with E-state index in [1.54, 1.807) is 0 Å². The summed E-state index contributed by atoms with van der Waals surface area (Å²) in [5.74, 6) is 1.15. The summed E-state index contributed by atoms with van der Waals surface area (Å²) in [6, 6.07) is 68.3. The third-order valence-electron chi connectivity index (χ3n) is 16.7. The Morgan fingerprint density at radius 1 is 0.375 bits per heavy atom. The zero-order chi connectivity index (χ0) is 49.3. The lowest BCUT2D eigenvalue weighted by molar-refractivity contribution is 0.591. The maximum absolute atomic E-state index is 2.63. The molecule has 2 heteroatoms. The van der Waals surface area contributed by atoms with Crippen molar-refractivity contribution in [2.45, 2.75) is 117 Å². The molecule has 0 bridgehead atoms. The van der Waals surface area contributed by atoms with E-state index < -0.39 is 0 Å². The zero-order valence-corrected chi connectivity index (χ0v) is 43.4. The SMILES string of the molecule is Cc1ccccc1-c1ccc(C)c(N(c2cccc(C3CCCC3)c2)c2cc(N(c3cccc(C4CCCC4)c3)c3cc(-c4ccccc4C)ccc3C)c3ccc4cc(C(C)(C)C)cc5ccc2c3c54)c1. The standard InChI is InChI=1S/C70H68N2/c1-45-18-8-14-28-60(45)53-32-30-47(3)64(42-53)71(58-26-16-24-51(40-58)49-20-10-11-21-49)66-44-67(63-37-35-56-39-57(70(5,6)7)38-55-34-36-62(66)69(63)68(55)56)72(59-27-17-25-52(41-59)50-22-12-13-23-50)65-43-54(33-31-48(65)4)61-29-15-9-19-46(61)2/h8-9,14-19,24-44,49-50H,10-13,20-23H2,1-7H3. The fourth-order valence-electron chi connectivity index (χ4n) is 12.7. The summed E-state index contributed by atoms with van der Waals surface area (Å²) in [4.78, 5) is 5.27. The molecule has 2 nitrogen and oxygen atoms in total. The van der Waals surface area contributed by atoms with Gasteiger partial charge in [0.15, 0.2) is 0 Å². The van der Waals surface area contributed by atoms with Crippen LogP contribution in [0.2, 0.25) is 0 Å². The first kappa shape index (κ1) is 45.9. The summed E-state index contributed by atoms with van der Waals surface area (Å²) >= 11 is 0. The van der Waals surface area contributed by atoms with E-state index >= 15 is 0 Å². The molecule has 0 N–H and O–H groups in total. The molecule has 10 aromatic rings. The van der Waals surface area contributed by atoms with Crippen molar-refractivity contribution >= 4 is 66.4 Å². The Morgan fingerprint density at radius 3 is 1.25 bits per heavy atom. The van der Waals surface area contributed by atoms with Gasteiger partial charge in [0.2, 0.25) is 0 Å². The van der Waals surface area contributed by atoms with Crippen molar-refractivity contribution in [3.63, 3.8) is 0 Å². The highest BCUT2D eigenvalue weighted by molar-refractivity contribution is 6.29. The van der Waals surface area contributed by atoms with E-state index in [0.717, 1.165) is 0 Å². The van der Waals surface area contributed by atoms with Gasteiger partial charge in [0, 0.05) is 38.9 Å². The molecule has 2 aliphatic carbocycles. The van der Waals surface area contributed by atoms with E-state index in [1.807, 2.05) is 0 Å². The van der Waals surface area contributed by atoms with Crippen LogP contribution in [0.15, 0.2) is 176 Å². The minimum Gasteiger partial charge on any atom is -0.309 e. The number of hydrogen-bond acceptors (Lipinski definition) is 2. The van der Waals surface area contributed by atoms with Gasteiger partial charge < -0.3 is 9.80 Å². The molecule has 0 unspecified atom stereocenters. The highest BCUT2D eigenvalue weighted by Gasteiger charge is 2.29. The number of hydrogen-bond donors (Lipinski definition) is 0. The molecule has 0 radical (unpaired) electrons. The van der Waals surface area contributed by atoms with Crippen LogP contribution in [0.4, 0.5) is 34.1 Å². The second kappa shape index (κ2) is 18.5. The van der Waals surface area contributed by atoms with Crippen LogP contribution in [0.1, 0.15) is 123 Å². The Hall–Kier alpha value is -7.16. The Balaban J connectivity index is 1.21. The summed E-state index contributed by atoms with van der Waals surface area (Å²) in [6.07, 6.45) is 10.2. The van der Waals surface area contributed by atoms with Crippen molar-refractivity contribution in [3.05, 3.63) is 215 Å². The first-order valence-electron chi connectivity index (χ1n) is 26.9. The van der Waals surface area contributed by atoms with Gasteiger partial charge >= 0.3 is 0 Å². The fraction of sp³-hybridized carbons (Fsp3) is 0.257. The molecule has 2 aliphatic rings. The number of nitrogens with zero attached hydrogens (tertiary/aromatic N) is 2. The average molecular weight is 937 g/mol. The lowest BCUT2D eigenvalue weighted by Crippen LogP contribution is -2.16. The van der Waals surface area contributed by atoms with Crippen molar-refractivity contribution in [1.29, 1.82) is 0 Å². The molecule has 12 rings (SSSR count). The number of anilines is 6. The minimum absolute atomic E-state index is 0.00232. The summed E-state index contributed by atoms with van der Waals surface area (Å²) in [6.45, 7) is 16.1. The second-order valence-corrected chi connectivity index (χ2v) is 22.5. The normalized spacial score (nSPS) is 14.6. The van der Waals surface area contributed by atoms with E-state index in [2.05, 4.69) is 234 Å². The van der Waals surface area contributed by atoms with Crippen molar-refractivity contribution in [2.75, 3.05) is 9.80 Å². The van der Waals surface area contributed by atoms with Crippen LogP contribution in [0.25, 0.3) is 54.6 Å². The van der Waals surface area contributed by atoms with Gasteiger partial charge in [0.1, 0.15) is 0 Å². The monoisotopic (exact) mass is 937 g/mol. The van der Waals surface area contributed by atoms with Gasteiger partial charge in [0.25, 0.3) is 0 Å². The number of benzene rings is 10. The highest BCUT2D eigenvalue weighted by Crippen LogP contribution is 2.53. The van der Waals surface area contributed by atoms with E-state index in [1.165, 1.54) is 179 Å².